The molecule has 0 aromatic heterocycles. The first-order valence-electron chi connectivity index (χ1n) is 3.96. The number of benzene rings is 1. The van der Waals surface area contributed by atoms with Crippen molar-refractivity contribution in [2.45, 2.75) is 4.90 Å². The summed E-state index contributed by atoms with van der Waals surface area (Å²) in [6, 6.07) is 7.26. The molecule has 0 unspecified atom stereocenters. The molecule has 1 rings (SSSR count). The van der Waals surface area contributed by atoms with Crippen LogP contribution in [0.15, 0.2) is 29.2 Å². The molecule has 0 aliphatic carbocycles. The van der Waals surface area contributed by atoms with E-state index in [1.165, 1.54) is 11.8 Å². The zero-order valence-corrected chi connectivity index (χ0v) is 8.67. The Hall–Kier alpha value is -1.00. The van der Waals surface area contributed by atoms with Crippen LogP contribution in [0, 0.1) is 7.11 Å². The summed E-state index contributed by atoms with van der Waals surface area (Å²) in [5.74, 6) is -0.390. The zero-order valence-electron chi connectivity index (χ0n) is 7.86. The normalized spacial score (nSPS) is 9.86. The molecule has 0 atom stereocenters. The molecule has 0 bridgehead atoms. The SMILES string of the molecule is [CH2]OCOC(=O)c1ccccc1SC. The maximum atomic E-state index is 11.4. The van der Waals surface area contributed by atoms with E-state index in [-0.39, 0.29) is 6.79 Å². The minimum Gasteiger partial charge on any atom is -0.435 e. The summed E-state index contributed by atoms with van der Waals surface area (Å²) in [7, 11) is 3.11. The van der Waals surface area contributed by atoms with Crippen molar-refractivity contribution >= 4 is 17.7 Å². The fourth-order valence-corrected chi connectivity index (χ4v) is 1.57. The van der Waals surface area contributed by atoms with E-state index in [1.54, 1.807) is 12.1 Å². The van der Waals surface area contributed by atoms with E-state index in [4.69, 9.17) is 4.74 Å². The Bertz CT molecular complexity index is 312. The molecule has 0 spiro atoms. The van der Waals surface area contributed by atoms with Crippen molar-refractivity contribution in [2.75, 3.05) is 13.0 Å². The van der Waals surface area contributed by atoms with Gasteiger partial charge in [0, 0.05) is 4.90 Å². The second-order valence-electron chi connectivity index (χ2n) is 2.45. The number of thioether (sulfide) groups is 1. The van der Waals surface area contributed by atoms with Crippen LogP contribution >= 0.6 is 11.8 Å². The third-order valence-electron chi connectivity index (χ3n) is 1.60. The molecular weight excluding hydrogens is 200 g/mol. The van der Waals surface area contributed by atoms with Crippen LogP contribution in [0.2, 0.25) is 0 Å². The lowest BCUT2D eigenvalue weighted by atomic mass is 10.2. The largest absolute Gasteiger partial charge is 0.435 e. The summed E-state index contributed by atoms with van der Waals surface area (Å²) in [5.41, 5.74) is 0.553. The third-order valence-corrected chi connectivity index (χ3v) is 2.40. The molecule has 1 aromatic rings. The van der Waals surface area contributed by atoms with Gasteiger partial charge in [0.05, 0.1) is 12.7 Å². The molecule has 0 saturated carbocycles. The number of rotatable bonds is 4. The fourth-order valence-electron chi connectivity index (χ4n) is 0.986. The molecule has 0 saturated heterocycles. The lowest BCUT2D eigenvalue weighted by Gasteiger charge is -2.06. The van der Waals surface area contributed by atoms with E-state index in [2.05, 4.69) is 11.8 Å². The molecule has 0 fully saturated rings. The average molecular weight is 211 g/mol. The van der Waals surface area contributed by atoms with Gasteiger partial charge in [0.2, 0.25) is 0 Å². The summed E-state index contributed by atoms with van der Waals surface area (Å²) < 4.78 is 9.19. The van der Waals surface area contributed by atoms with Crippen LogP contribution in [0.3, 0.4) is 0 Å². The van der Waals surface area contributed by atoms with Gasteiger partial charge in [-0.2, -0.15) is 0 Å². The molecule has 4 heteroatoms. The van der Waals surface area contributed by atoms with E-state index in [9.17, 15) is 4.79 Å². The Morgan fingerprint density at radius 1 is 1.50 bits per heavy atom. The van der Waals surface area contributed by atoms with Crippen molar-refractivity contribution in [3.8, 4) is 0 Å². The first kappa shape index (κ1) is 11.1. The number of esters is 1. The van der Waals surface area contributed by atoms with Gasteiger partial charge in [-0.15, -0.1) is 11.8 Å². The number of ether oxygens (including phenoxy) is 2. The monoisotopic (exact) mass is 211 g/mol. The minimum absolute atomic E-state index is 0.123. The molecular formula is C10H11O3S. The van der Waals surface area contributed by atoms with Gasteiger partial charge in [-0.3, -0.25) is 0 Å². The first-order valence-corrected chi connectivity index (χ1v) is 5.19. The predicted molar refractivity (Wildman–Crippen MR) is 54.9 cm³/mol. The van der Waals surface area contributed by atoms with Gasteiger partial charge in [0.1, 0.15) is 0 Å². The zero-order chi connectivity index (χ0) is 10.4. The number of carbonyl (C=O) groups excluding carboxylic acids is 1. The summed E-state index contributed by atoms with van der Waals surface area (Å²) in [4.78, 5) is 12.3. The van der Waals surface area contributed by atoms with E-state index >= 15 is 0 Å². The Balaban J connectivity index is 2.78. The highest BCUT2D eigenvalue weighted by Gasteiger charge is 2.10. The summed E-state index contributed by atoms with van der Waals surface area (Å²) in [5, 5.41) is 0. The number of hydrogen-bond donors (Lipinski definition) is 0. The Labute approximate surface area is 87.4 Å². The van der Waals surface area contributed by atoms with Gasteiger partial charge in [0.15, 0.2) is 6.79 Å². The maximum Gasteiger partial charge on any atom is 0.341 e. The topological polar surface area (TPSA) is 35.5 Å². The number of hydrogen-bond acceptors (Lipinski definition) is 4. The quantitative estimate of drug-likeness (QED) is 0.435. The van der Waals surface area contributed by atoms with Crippen molar-refractivity contribution in [1.29, 1.82) is 0 Å². The van der Waals surface area contributed by atoms with Crippen LogP contribution < -0.4 is 0 Å². The van der Waals surface area contributed by atoms with Crippen molar-refractivity contribution in [3.05, 3.63) is 36.9 Å². The van der Waals surface area contributed by atoms with Crippen molar-refractivity contribution in [1.82, 2.24) is 0 Å². The van der Waals surface area contributed by atoms with E-state index in [0.717, 1.165) is 4.90 Å². The highest BCUT2D eigenvalue weighted by atomic mass is 32.2. The van der Waals surface area contributed by atoms with Gasteiger partial charge >= 0.3 is 5.97 Å². The van der Waals surface area contributed by atoms with Crippen LogP contribution in [0.1, 0.15) is 10.4 Å². The van der Waals surface area contributed by atoms with Crippen molar-refractivity contribution in [3.63, 3.8) is 0 Å². The standard InChI is InChI=1S/C10H11O3S/c1-12-7-13-10(11)8-5-3-4-6-9(8)14-2/h3-6H,1,7H2,2H3. The average Bonchev–Trinajstić information content (AvgIpc) is 2.25. The molecule has 0 amide bonds. The summed E-state index contributed by atoms with van der Waals surface area (Å²) in [6.45, 7) is -0.123. The second kappa shape index (κ2) is 5.67. The molecule has 1 aromatic carbocycles. The smallest absolute Gasteiger partial charge is 0.341 e. The molecule has 0 N–H and O–H groups in total. The molecule has 0 aliphatic heterocycles. The highest BCUT2D eigenvalue weighted by molar-refractivity contribution is 7.98. The van der Waals surface area contributed by atoms with E-state index < -0.39 is 5.97 Å². The lowest BCUT2D eigenvalue weighted by molar-refractivity contribution is -0.00159. The first-order chi connectivity index (χ1) is 6.79. The van der Waals surface area contributed by atoms with Crippen molar-refractivity contribution < 1.29 is 14.3 Å². The summed E-state index contributed by atoms with van der Waals surface area (Å²) in [6.07, 6.45) is 1.91. The maximum absolute atomic E-state index is 11.4. The highest BCUT2D eigenvalue weighted by Crippen LogP contribution is 2.20. The Morgan fingerprint density at radius 2 is 2.21 bits per heavy atom. The van der Waals surface area contributed by atoms with Crippen LogP contribution in [-0.4, -0.2) is 19.0 Å². The summed E-state index contributed by atoms with van der Waals surface area (Å²) >= 11 is 1.50. The van der Waals surface area contributed by atoms with Crippen LogP contribution in [-0.2, 0) is 9.47 Å². The van der Waals surface area contributed by atoms with Crippen molar-refractivity contribution in [2.24, 2.45) is 0 Å². The van der Waals surface area contributed by atoms with Crippen LogP contribution in [0.25, 0.3) is 0 Å². The molecule has 3 nitrogen and oxygen atoms in total. The predicted octanol–water partition coefficient (Wildman–Crippen LogP) is 2.33. The molecule has 14 heavy (non-hydrogen) atoms. The van der Waals surface area contributed by atoms with Gasteiger partial charge in [-0.25, -0.2) is 4.79 Å². The lowest BCUT2D eigenvalue weighted by Crippen LogP contribution is -2.07. The molecule has 75 valence electrons. The molecule has 0 aliphatic rings. The van der Waals surface area contributed by atoms with Gasteiger partial charge < -0.3 is 9.47 Å². The third kappa shape index (κ3) is 2.75. The van der Waals surface area contributed by atoms with Crippen LogP contribution in [0.5, 0.6) is 0 Å². The fraction of sp³-hybridized carbons (Fsp3) is 0.200. The van der Waals surface area contributed by atoms with Gasteiger partial charge in [-0.1, -0.05) is 12.1 Å². The van der Waals surface area contributed by atoms with Gasteiger partial charge in [0.25, 0.3) is 0 Å². The second-order valence-corrected chi connectivity index (χ2v) is 3.30. The Kier molecular flexibility index (Phi) is 4.49. The van der Waals surface area contributed by atoms with E-state index in [0.29, 0.717) is 5.56 Å². The molecule has 1 radical (unpaired) electrons. The van der Waals surface area contributed by atoms with Gasteiger partial charge in [-0.05, 0) is 18.4 Å². The van der Waals surface area contributed by atoms with Crippen LogP contribution in [0.4, 0.5) is 0 Å². The minimum atomic E-state index is -0.390. The molecule has 0 heterocycles. The number of carbonyl (C=O) groups is 1. The Morgan fingerprint density at radius 3 is 2.86 bits per heavy atom. The van der Waals surface area contributed by atoms with E-state index in [1.807, 2.05) is 18.4 Å².